The molecule has 4 rings (SSSR count). The number of H-pyrrole nitrogens is 1. The standard InChI is InChI=1S/C21H24N4O2/c1-13-20(24-14(2)23-13)21(26)25-16-5-7-17(8-6-16)27-18-9-10-19-15(12-18)4-3-11-22-19/h3-4,9-12,16-17H,5-8H2,1-2H3,(H,23,24)(H,25,26). The van der Waals surface area contributed by atoms with E-state index in [9.17, 15) is 4.79 Å². The zero-order chi connectivity index (χ0) is 18.8. The quantitative estimate of drug-likeness (QED) is 0.740. The highest BCUT2D eigenvalue weighted by atomic mass is 16.5. The molecular formula is C21H24N4O2. The third kappa shape index (κ3) is 3.94. The number of fused-ring (bicyclic) bond motifs is 1. The molecule has 1 saturated carbocycles. The molecule has 0 radical (unpaired) electrons. The van der Waals surface area contributed by atoms with Gasteiger partial charge in [0, 0.05) is 23.3 Å². The van der Waals surface area contributed by atoms with Crippen molar-refractivity contribution in [1.82, 2.24) is 20.3 Å². The average Bonchev–Trinajstić information content (AvgIpc) is 3.01. The maximum absolute atomic E-state index is 12.4. The van der Waals surface area contributed by atoms with Crippen LogP contribution in [0.3, 0.4) is 0 Å². The first-order valence-corrected chi connectivity index (χ1v) is 9.44. The number of carbonyl (C=O) groups is 1. The summed E-state index contributed by atoms with van der Waals surface area (Å²) in [5.74, 6) is 1.55. The minimum Gasteiger partial charge on any atom is -0.490 e. The first-order chi connectivity index (χ1) is 13.1. The number of nitrogens with zero attached hydrogens (tertiary/aromatic N) is 2. The number of imidazole rings is 1. The highest BCUT2D eigenvalue weighted by molar-refractivity contribution is 5.93. The van der Waals surface area contributed by atoms with E-state index in [0.29, 0.717) is 5.69 Å². The molecule has 1 aliphatic carbocycles. The summed E-state index contributed by atoms with van der Waals surface area (Å²) >= 11 is 0. The van der Waals surface area contributed by atoms with Gasteiger partial charge in [-0.15, -0.1) is 0 Å². The van der Waals surface area contributed by atoms with E-state index in [2.05, 4.69) is 20.3 Å². The number of nitrogens with one attached hydrogen (secondary N) is 2. The summed E-state index contributed by atoms with van der Waals surface area (Å²) in [6, 6.07) is 10.2. The smallest absolute Gasteiger partial charge is 0.271 e. The Hall–Kier alpha value is -2.89. The molecule has 27 heavy (non-hydrogen) atoms. The molecule has 1 fully saturated rings. The fraction of sp³-hybridized carbons (Fsp3) is 0.381. The van der Waals surface area contributed by atoms with Crippen molar-refractivity contribution in [3.63, 3.8) is 0 Å². The van der Waals surface area contributed by atoms with Gasteiger partial charge >= 0.3 is 0 Å². The number of amides is 1. The second-order valence-electron chi connectivity index (χ2n) is 7.22. The molecule has 140 valence electrons. The maximum Gasteiger partial charge on any atom is 0.271 e. The first-order valence-electron chi connectivity index (χ1n) is 9.44. The van der Waals surface area contributed by atoms with Gasteiger partial charge in [0.15, 0.2) is 0 Å². The molecule has 3 aromatic rings. The van der Waals surface area contributed by atoms with E-state index < -0.39 is 0 Å². The van der Waals surface area contributed by atoms with Crippen molar-refractivity contribution in [1.29, 1.82) is 0 Å². The van der Waals surface area contributed by atoms with E-state index in [-0.39, 0.29) is 18.1 Å². The summed E-state index contributed by atoms with van der Waals surface area (Å²) < 4.78 is 6.17. The average molecular weight is 364 g/mol. The Morgan fingerprint density at radius 1 is 1.19 bits per heavy atom. The van der Waals surface area contributed by atoms with Crippen molar-refractivity contribution >= 4 is 16.8 Å². The van der Waals surface area contributed by atoms with E-state index in [1.54, 1.807) is 6.20 Å². The molecule has 2 N–H and O–H groups in total. The van der Waals surface area contributed by atoms with Gasteiger partial charge in [0.25, 0.3) is 5.91 Å². The van der Waals surface area contributed by atoms with Crippen LogP contribution in [-0.4, -0.2) is 33.0 Å². The van der Waals surface area contributed by atoms with Crippen molar-refractivity contribution < 1.29 is 9.53 Å². The SMILES string of the molecule is Cc1nc(C(=O)NC2CCC(Oc3ccc4ncccc4c3)CC2)c(C)[nH]1. The second-order valence-corrected chi connectivity index (χ2v) is 7.22. The molecule has 0 spiro atoms. The van der Waals surface area contributed by atoms with Gasteiger partial charge in [-0.2, -0.15) is 0 Å². The van der Waals surface area contributed by atoms with Crippen LogP contribution in [0.25, 0.3) is 10.9 Å². The van der Waals surface area contributed by atoms with Crippen molar-refractivity contribution in [2.75, 3.05) is 0 Å². The highest BCUT2D eigenvalue weighted by Gasteiger charge is 2.25. The molecule has 0 unspecified atom stereocenters. The maximum atomic E-state index is 12.4. The number of benzene rings is 1. The summed E-state index contributed by atoms with van der Waals surface area (Å²) in [4.78, 5) is 24.1. The number of rotatable bonds is 4. The van der Waals surface area contributed by atoms with Gasteiger partial charge in [-0.25, -0.2) is 4.98 Å². The predicted molar refractivity (Wildman–Crippen MR) is 104 cm³/mol. The summed E-state index contributed by atoms with van der Waals surface area (Å²) in [7, 11) is 0. The van der Waals surface area contributed by atoms with Crippen LogP contribution in [0, 0.1) is 13.8 Å². The van der Waals surface area contributed by atoms with Crippen LogP contribution in [0.15, 0.2) is 36.5 Å². The van der Waals surface area contributed by atoms with Crippen LogP contribution in [-0.2, 0) is 0 Å². The number of aromatic nitrogens is 3. The number of pyridine rings is 1. The van der Waals surface area contributed by atoms with Crippen LogP contribution < -0.4 is 10.1 Å². The Bertz CT molecular complexity index is 958. The second kappa shape index (κ2) is 7.39. The van der Waals surface area contributed by atoms with Crippen molar-refractivity contribution in [3.05, 3.63) is 53.7 Å². The van der Waals surface area contributed by atoms with Gasteiger partial charge in [-0.05, 0) is 63.8 Å². The molecular weight excluding hydrogens is 340 g/mol. The molecule has 1 amide bonds. The molecule has 0 aliphatic heterocycles. The number of hydrogen-bond donors (Lipinski definition) is 2. The third-order valence-electron chi connectivity index (χ3n) is 5.10. The molecule has 6 heteroatoms. The topological polar surface area (TPSA) is 79.9 Å². The van der Waals surface area contributed by atoms with Gasteiger partial charge in [0.05, 0.1) is 11.6 Å². The van der Waals surface area contributed by atoms with Crippen molar-refractivity contribution in [2.24, 2.45) is 0 Å². The van der Waals surface area contributed by atoms with Crippen LogP contribution in [0.5, 0.6) is 5.75 Å². The zero-order valence-corrected chi connectivity index (χ0v) is 15.7. The number of ether oxygens (including phenoxy) is 1. The van der Waals surface area contributed by atoms with Crippen molar-refractivity contribution in [3.8, 4) is 5.75 Å². The lowest BCUT2D eigenvalue weighted by atomic mass is 9.92. The monoisotopic (exact) mass is 364 g/mol. The number of carbonyl (C=O) groups excluding carboxylic acids is 1. The lowest BCUT2D eigenvalue weighted by Crippen LogP contribution is -2.40. The van der Waals surface area contributed by atoms with Gasteiger partial charge < -0.3 is 15.0 Å². The van der Waals surface area contributed by atoms with Crippen molar-refractivity contribution in [2.45, 2.75) is 51.7 Å². The summed E-state index contributed by atoms with van der Waals surface area (Å²) in [5.41, 5.74) is 2.28. The molecule has 6 nitrogen and oxygen atoms in total. The zero-order valence-electron chi connectivity index (χ0n) is 15.7. The van der Waals surface area contributed by atoms with Crippen LogP contribution >= 0.6 is 0 Å². The largest absolute Gasteiger partial charge is 0.490 e. The molecule has 1 aliphatic rings. The molecule has 0 atom stereocenters. The van der Waals surface area contributed by atoms with Gasteiger partial charge in [-0.1, -0.05) is 6.07 Å². The summed E-state index contributed by atoms with van der Waals surface area (Å²) in [6.45, 7) is 3.73. The molecule has 2 heterocycles. The molecule has 1 aromatic carbocycles. The number of hydrogen-bond acceptors (Lipinski definition) is 4. The van der Waals surface area contributed by atoms with E-state index in [1.807, 2.05) is 44.2 Å². The fourth-order valence-corrected chi connectivity index (χ4v) is 3.73. The molecule has 2 aromatic heterocycles. The van der Waals surface area contributed by atoms with Crippen LogP contribution in [0.4, 0.5) is 0 Å². The Morgan fingerprint density at radius 2 is 2.00 bits per heavy atom. The third-order valence-corrected chi connectivity index (χ3v) is 5.10. The van der Waals surface area contributed by atoms with Crippen LogP contribution in [0.2, 0.25) is 0 Å². The van der Waals surface area contributed by atoms with Gasteiger partial charge in [0.1, 0.15) is 17.3 Å². The number of aromatic amines is 1. The van der Waals surface area contributed by atoms with E-state index in [1.165, 1.54) is 0 Å². The normalized spacial score (nSPS) is 19.8. The van der Waals surface area contributed by atoms with E-state index in [4.69, 9.17) is 4.74 Å². The fourth-order valence-electron chi connectivity index (χ4n) is 3.73. The Morgan fingerprint density at radius 3 is 2.74 bits per heavy atom. The Kier molecular flexibility index (Phi) is 4.79. The Balaban J connectivity index is 1.32. The van der Waals surface area contributed by atoms with Crippen LogP contribution in [0.1, 0.15) is 47.7 Å². The highest BCUT2D eigenvalue weighted by Crippen LogP contribution is 2.26. The summed E-state index contributed by atoms with van der Waals surface area (Å²) in [5, 5.41) is 4.20. The lowest BCUT2D eigenvalue weighted by molar-refractivity contribution is 0.0889. The van der Waals surface area contributed by atoms with Gasteiger partial charge in [0.2, 0.25) is 0 Å². The molecule has 0 saturated heterocycles. The number of aryl methyl sites for hydroxylation is 2. The summed E-state index contributed by atoms with van der Waals surface area (Å²) in [6.07, 6.45) is 5.65. The van der Waals surface area contributed by atoms with E-state index >= 15 is 0 Å². The predicted octanol–water partition coefficient (Wildman–Crippen LogP) is 3.69. The Labute approximate surface area is 158 Å². The van der Waals surface area contributed by atoms with Gasteiger partial charge in [-0.3, -0.25) is 9.78 Å². The first kappa shape index (κ1) is 17.5. The van der Waals surface area contributed by atoms with E-state index in [0.717, 1.165) is 53.9 Å². The minimum absolute atomic E-state index is 0.0942. The lowest BCUT2D eigenvalue weighted by Gasteiger charge is -2.29. The molecule has 0 bridgehead atoms. The minimum atomic E-state index is -0.0942.